The summed E-state index contributed by atoms with van der Waals surface area (Å²) in [5.41, 5.74) is 6.98. The van der Waals surface area contributed by atoms with Crippen LogP contribution in [0, 0.1) is 13.8 Å². The van der Waals surface area contributed by atoms with E-state index in [1.165, 1.54) is 5.56 Å². The fraction of sp³-hybridized carbons (Fsp3) is 0.231. The number of aliphatic carboxylic acids is 1. The van der Waals surface area contributed by atoms with Crippen molar-refractivity contribution >= 4 is 27.6 Å². The Morgan fingerprint density at radius 2 is 1.97 bits per heavy atom. The summed E-state index contributed by atoms with van der Waals surface area (Å²) in [7, 11) is 0. The molecule has 0 radical (unpaired) electrons. The molecule has 3 aromatic carbocycles. The van der Waals surface area contributed by atoms with Crippen molar-refractivity contribution in [2.45, 2.75) is 33.1 Å². The van der Waals surface area contributed by atoms with Crippen molar-refractivity contribution in [3.8, 4) is 16.9 Å². The average molecular weight is 397 g/mol. The maximum atomic E-state index is 11.8. The average Bonchev–Trinajstić information content (AvgIpc) is 2.76. The van der Waals surface area contributed by atoms with Crippen molar-refractivity contribution in [2.24, 2.45) is 0 Å². The van der Waals surface area contributed by atoms with E-state index in [2.05, 4.69) is 31.2 Å². The van der Waals surface area contributed by atoms with Crippen LogP contribution in [0.15, 0.2) is 48.7 Å². The van der Waals surface area contributed by atoms with E-state index >= 15 is 0 Å². The van der Waals surface area contributed by atoms with Crippen molar-refractivity contribution in [3.05, 3.63) is 70.9 Å². The van der Waals surface area contributed by atoms with Gasteiger partial charge in [0.05, 0.1) is 18.5 Å². The summed E-state index contributed by atoms with van der Waals surface area (Å²) in [5.74, 6) is 0.104. The number of fused-ring (bicyclic) bond motifs is 4. The molecule has 1 aliphatic rings. The van der Waals surface area contributed by atoms with Gasteiger partial charge in [0, 0.05) is 17.0 Å². The molecule has 30 heavy (non-hydrogen) atoms. The SMILES string of the molecule is Cc1c(CC(=O)O)c(-c2ccc3c(c2)CCCO3)c(C)c2c1ncc1ccccc12. The van der Waals surface area contributed by atoms with Crippen LogP contribution in [0.2, 0.25) is 0 Å². The Hall–Kier alpha value is -3.40. The Labute approximate surface area is 175 Å². The number of hydrogen-bond donors (Lipinski definition) is 1. The second kappa shape index (κ2) is 7.13. The molecule has 1 aliphatic heterocycles. The number of benzene rings is 3. The summed E-state index contributed by atoms with van der Waals surface area (Å²) in [6.45, 7) is 4.84. The molecule has 0 unspecified atom stereocenters. The number of aryl methyl sites for hydroxylation is 3. The Morgan fingerprint density at radius 1 is 1.13 bits per heavy atom. The zero-order valence-corrected chi connectivity index (χ0v) is 17.2. The fourth-order valence-corrected chi connectivity index (χ4v) is 4.79. The predicted octanol–water partition coefficient (Wildman–Crippen LogP) is 5.62. The minimum atomic E-state index is -0.833. The first-order valence-corrected chi connectivity index (χ1v) is 10.3. The number of hydrogen-bond acceptors (Lipinski definition) is 3. The van der Waals surface area contributed by atoms with Gasteiger partial charge in [0.25, 0.3) is 0 Å². The van der Waals surface area contributed by atoms with Gasteiger partial charge < -0.3 is 9.84 Å². The zero-order valence-electron chi connectivity index (χ0n) is 17.2. The molecule has 0 bridgehead atoms. The maximum absolute atomic E-state index is 11.8. The van der Waals surface area contributed by atoms with Gasteiger partial charge >= 0.3 is 5.97 Å². The van der Waals surface area contributed by atoms with Crippen molar-refractivity contribution in [2.75, 3.05) is 6.61 Å². The lowest BCUT2D eigenvalue weighted by Gasteiger charge is -2.22. The van der Waals surface area contributed by atoms with E-state index in [9.17, 15) is 9.90 Å². The second-order valence-corrected chi connectivity index (χ2v) is 8.02. The number of carboxylic acids is 1. The van der Waals surface area contributed by atoms with Crippen LogP contribution in [0.25, 0.3) is 32.8 Å². The lowest BCUT2D eigenvalue weighted by molar-refractivity contribution is -0.136. The summed E-state index contributed by atoms with van der Waals surface area (Å²) in [5, 5.41) is 13.0. The highest BCUT2D eigenvalue weighted by Gasteiger charge is 2.21. The van der Waals surface area contributed by atoms with E-state index in [1.54, 1.807) is 0 Å². The first-order chi connectivity index (χ1) is 14.5. The Balaban J connectivity index is 1.88. The molecule has 150 valence electrons. The molecule has 0 saturated heterocycles. The minimum Gasteiger partial charge on any atom is -0.493 e. The van der Waals surface area contributed by atoms with Gasteiger partial charge in [-0.15, -0.1) is 0 Å². The van der Waals surface area contributed by atoms with Gasteiger partial charge in [0.15, 0.2) is 0 Å². The molecule has 2 heterocycles. The lowest BCUT2D eigenvalue weighted by atomic mass is 9.85. The molecule has 0 amide bonds. The molecule has 0 atom stereocenters. The van der Waals surface area contributed by atoms with Crippen LogP contribution in [0.4, 0.5) is 0 Å². The fourth-order valence-electron chi connectivity index (χ4n) is 4.79. The van der Waals surface area contributed by atoms with Gasteiger partial charge in [0.2, 0.25) is 0 Å². The summed E-state index contributed by atoms with van der Waals surface area (Å²) in [6.07, 6.45) is 3.83. The molecular formula is C26H23NO3. The molecule has 5 rings (SSSR count). The maximum Gasteiger partial charge on any atom is 0.307 e. The van der Waals surface area contributed by atoms with Crippen LogP contribution in [-0.4, -0.2) is 22.7 Å². The summed E-state index contributed by atoms with van der Waals surface area (Å²) in [6, 6.07) is 14.5. The van der Waals surface area contributed by atoms with Gasteiger partial charge in [-0.2, -0.15) is 0 Å². The topological polar surface area (TPSA) is 59.4 Å². The molecule has 0 saturated carbocycles. The monoisotopic (exact) mass is 397 g/mol. The van der Waals surface area contributed by atoms with Gasteiger partial charge in [-0.1, -0.05) is 30.3 Å². The second-order valence-electron chi connectivity index (χ2n) is 8.02. The Kier molecular flexibility index (Phi) is 4.43. The van der Waals surface area contributed by atoms with Crippen LogP contribution in [0.3, 0.4) is 0 Å². The Morgan fingerprint density at radius 3 is 2.80 bits per heavy atom. The highest BCUT2D eigenvalue weighted by Crippen LogP contribution is 2.40. The van der Waals surface area contributed by atoms with Crippen molar-refractivity contribution in [1.82, 2.24) is 4.98 Å². The summed E-state index contributed by atoms with van der Waals surface area (Å²) < 4.78 is 5.79. The largest absolute Gasteiger partial charge is 0.493 e. The molecule has 0 fully saturated rings. The number of ether oxygens (including phenoxy) is 1. The number of carboxylic acid groups (broad SMARTS) is 1. The van der Waals surface area contributed by atoms with Gasteiger partial charge in [-0.05, 0) is 77.6 Å². The van der Waals surface area contributed by atoms with Crippen LogP contribution in [-0.2, 0) is 17.6 Å². The highest BCUT2D eigenvalue weighted by atomic mass is 16.5. The zero-order chi connectivity index (χ0) is 20.8. The van der Waals surface area contributed by atoms with Crippen LogP contribution < -0.4 is 4.74 Å². The molecule has 4 heteroatoms. The van der Waals surface area contributed by atoms with Crippen molar-refractivity contribution < 1.29 is 14.6 Å². The quantitative estimate of drug-likeness (QED) is 0.456. The van der Waals surface area contributed by atoms with E-state index in [4.69, 9.17) is 9.72 Å². The number of rotatable bonds is 3. The molecule has 0 spiro atoms. The van der Waals surface area contributed by atoms with Gasteiger partial charge in [0.1, 0.15) is 5.75 Å². The molecule has 1 aromatic heterocycles. The van der Waals surface area contributed by atoms with E-state index in [0.717, 1.165) is 74.7 Å². The summed E-state index contributed by atoms with van der Waals surface area (Å²) in [4.78, 5) is 16.5. The lowest BCUT2D eigenvalue weighted by Crippen LogP contribution is -2.09. The van der Waals surface area contributed by atoms with Crippen molar-refractivity contribution in [1.29, 1.82) is 0 Å². The molecule has 0 aliphatic carbocycles. The standard InChI is InChI=1S/C26H23NO3/c1-15-21(13-23(28)29)24(18-9-10-22-17(12-18)7-5-11-30-22)16(2)25-20-8-4-3-6-19(20)14-27-26(15)25/h3-4,6,8-10,12,14H,5,7,11,13H2,1-2H3,(H,28,29). The van der Waals surface area contributed by atoms with Gasteiger partial charge in [-0.3, -0.25) is 9.78 Å². The third kappa shape index (κ3) is 2.91. The van der Waals surface area contributed by atoms with Crippen molar-refractivity contribution in [3.63, 3.8) is 0 Å². The Bertz CT molecular complexity index is 1320. The first kappa shape index (κ1) is 18.6. The van der Waals surface area contributed by atoms with E-state index in [0.29, 0.717) is 0 Å². The highest BCUT2D eigenvalue weighted by molar-refractivity contribution is 6.11. The van der Waals surface area contributed by atoms with Gasteiger partial charge in [-0.25, -0.2) is 0 Å². The molecule has 4 nitrogen and oxygen atoms in total. The first-order valence-electron chi connectivity index (χ1n) is 10.3. The number of pyridine rings is 1. The van der Waals surface area contributed by atoms with Crippen LogP contribution >= 0.6 is 0 Å². The van der Waals surface area contributed by atoms with E-state index in [-0.39, 0.29) is 6.42 Å². The van der Waals surface area contributed by atoms with E-state index in [1.807, 2.05) is 31.3 Å². The van der Waals surface area contributed by atoms with Crippen LogP contribution in [0.5, 0.6) is 5.75 Å². The predicted molar refractivity (Wildman–Crippen MR) is 119 cm³/mol. The smallest absolute Gasteiger partial charge is 0.307 e. The number of nitrogens with zero attached hydrogens (tertiary/aromatic N) is 1. The normalized spacial score (nSPS) is 13.3. The number of aromatic nitrogens is 1. The van der Waals surface area contributed by atoms with Crippen LogP contribution in [0.1, 0.15) is 28.7 Å². The molecule has 4 aromatic rings. The minimum absolute atomic E-state index is 0.0277. The van der Waals surface area contributed by atoms with E-state index < -0.39 is 5.97 Å². The molecular weight excluding hydrogens is 374 g/mol. The number of carbonyl (C=O) groups is 1. The molecule has 1 N–H and O–H groups in total. The summed E-state index contributed by atoms with van der Waals surface area (Å²) >= 11 is 0. The third-order valence-electron chi connectivity index (χ3n) is 6.18. The third-order valence-corrected chi connectivity index (χ3v) is 6.18.